The summed E-state index contributed by atoms with van der Waals surface area (Å²) in [5.74, 6) is 0. The number of nitrogens with zero attached hydrogens (tertiary/aromatic N) is 3. The van der Waals surface area contributed by atoms with E-state index < -0.39 is 0 Å². The SMILES string of the molecule is [N-]=[N+]=NCCCOC1CCCCO1. The van der Waals surface area contributed by atoms with Gasteiger partial charge in [0, 0.05) is 24.7 Å². The normalized spacial score (nSPS) is 22.3. The minimum Gasteiger partial charge on any atom is -0.353 e. The molecule has 1 heterocycles. The third kappa shape index (κ3) is 4.72. The molecule has 5 heteroatoms. The average Bonchev–Trinajstić information content (AvgIpc) is 2.19. The van der Waals surface area contributed by atoms with E-state index in [1.54, 1.807) is 0 Å². The fraction of sp³-hybridized carbons (Fsp3) is 1.00. The molecule has 1 unspecified atom stereocenters. The minimum absolute atomic E-state index is 0.0279. The van der Waals surface area contributed by atoms with E-state index in [1.807, 2.05) is 0 Å². The largest absolute Gasteiger partial charge is 0.353 e. The fourth-order valence-corrected chi connectivity index (χ4v) is 1.24. The van der Waals surface area contributed by atoms with Crippen molar-refractivity contribution in [2.75, 3.05) is 19.8 Å². The van der Waals surface area contributed by atoms with E-state index in [2.05, 4.69) is 10.0 Å². The zero-order chi connectivity index (χ0) is 9.36. The van der Waals surface area contributed by atoms with Crippen LogP contribution in [0.3, 0.4) is 0 Å². The number of rotatable bonds is 5. The molecule has 0 aromatic heterocycles. The molecule has 0 amide bonds. The zero-order valence-electron chi connectivity index (χ0n) is 7.69. The Balaban J connectivity index is 1.94. The van der Waals surface area contributed by atoms with Crippen molar-refractivity contribution < 1.29 is 9.47 Å². The van der Waals surface area contributed by atoms with Crippen LogP contribution < -0.4 is 0 Å². The quantitative estimate of drug-likeness (QED) is 0.285. The molecular weight excluding hydrogens is 170 g/mol. The Hall–Kier alpha value is -0.770. The van der Waals surface area contributed by atoms with Gasteiger partial charge in [-0.15, -0.1) is 0 Å². The highest BCUT2D eigenvalue weighted by Gasteiger charge is 2.12. The van der Waals surface area contributed by atoms with Crippen LogP contribution in [0, 0.1) is 0 Å². The molecule has 0 spiro atoms. The van der Waals surface area contributed by atoms with Crippen LogP contribution in [0.5, 0.6) is 0 Å². The maximum atomic E-state index is 8.01. The monoisotopic (exact) mass is 185 g/mol. The first-order valence-corrected chi connectivity index (χ1v) is 4.67. The van der Waals surface area contributed by atoms with Crippen molar-refractivity contribution in [2.45, 2.75) is 32.0 Å². The molecule has 0 radical (unpaired) electrons. The lowest BCUT2D eigenvalue weighted by Crippen LogP contribution is -2.22. The van der Waals surface area contributed by atoms with Gasteiger partial charge in [-0.3, -0.25) is 0 Å². The van der Waals surface area contributed by atoms with E-state index in [0.29, 0.717) is 13.2 Å². The third-order valence-electron chi connectivity index (χ3n) is 1.91. The first-order valence-electron chi connectivity index (χ1n) is 4.67. The molecule has 1 aliphatic heterocycles. The summed E-state index contributed by atoms with van der Waals surface area (Å²) in [6, 6.07) is 0. The topological polar surface area (TPSA) is 67.2 Å². The smallest absolute Gasteiger partial charge is 0.157 e. The van der Waals surface area contributed by atoms with Gasteiger partial charge < -0.3 is 9.47 Å². The summed E-state index contributed by atoms with van der Waals surface area (Å²) in [6.45, 7) is 1.92. The second-order valence-corrected chi connectivity index (χ2v) is 2.97. The highest BCUT2D eigenvalue weighted by atomic mass is 16.7. The van der Waals surface area contributed by atoms with Crippen molar-refractivity contribution in [3.05, 3.63) is 10.4 Å². The van der Waals surface area contributed by atoms with Gasteiger partial charge in [0.2, 0.25) is 0 Å². The average molecular weight is 185 g/mol. The standard InChI is InChI=1S/C8H15N3O2/c9-11-10-5-3-7-13-8-4-1-2-6-12-8/h8H,1-7H2. The van der Waals surface area contributed by atoms with E-state index in [-0.39, 0.29) is 6.29 Å². The lowest BCUT2D eigenvalue weighted by Gasteiger charge is -2.22. The predicted octanol–water partition coefficient (Wildman–Crippen LogP) is 2.23. The Kier molecular flexibility index (Phi) is 5.33. The van der Waals surface area contributed by atoms with Crippen molar-refractivity contribution in [1.29, 1.82) is 0 Å². The molecule has 0 bridgehead atoms. The summed E-state index contributed by atoms with van der Waals surface area (Å²) in [5.41, 5.74) is 8.01. The van der Waals surface area contributed by atoms with E-state index in [4.69, 9.17) is 15.0 Å². The Labute approximate surface area is 77.6 Å². The Morgan fingerprint density at radius 3 is 3.15 bits per heavy atom. The van der Waals surface area contributed by atoms with E-state index in [9.17, 15) is 0 Å². The van der Waals surface area contributed by atoms with Gasteiger partial charge in [-0.25, -0.2) is 0 Å². The zero-order valence-corrected chi connectivity index (χ0v) is 7.69. The predicted molar refractivity (Wildman–Crippen MR) is 48.2 cm³/mol. The van der Waals surface area contributed by atoms with Crippen LogP contribution in [0.25, 0.3) is 10.4 Å². The molecule has 5 nitrogen and oxygen atoms in total. The van der Waals surface area contributed by atoms with Crippen molar-refractivity contribution in [1.82, 2.24) is 0 Å². The lowest BCUT2D eigenvalue weighted by atomic mass is 10.2. The number of hydrogen-bond acceptors (Lipinski definition) is 3. The third-order valence-corrected chi connectivity index (χ3v) is 1.91. The number of hydrogen-bond donors (Lipinski definition) is 0. The fourth-order valence-electron chi connectivity index (χ4n) is 1.24. The Morgan fingerprint density at radius 1 is 1.54 bits per heavy atom. The van der Waals surface area contributed by atoms with E-state index in [1.165, 1.54) is 6.42 Å². The van der Waals surface area contributed by atoms with Crippen LogP contribution in [0.4, 0.5) is 0 Å². The Morgan fingerprint density at radius 2 is 2.46 bits per heavy atom. The maximum Gasteiger partial charge on any atom is 0.157 e. The van der Waals surface area contributed by atoms with E-state index in [0.717, 1.165) is 25.9 Å². The second kappa shape index (κ2) is 6.71. The van der Waals surface area contributed by atoms with Gasteiger partial charge in [-0.05, 0) is 31.2 Å². The molecule has 1 atom stereocenters. The summed E-state index contributed by atoms with van der Waals surface area (Å²) in [6.07, 6.45) is 4.05. The molecule has 0 aromatic carbocycles. The molecule has 13 heavy (non-hydrogen) atoms. The molecule has 1 saturated heterocycles. The van der Waals surface area contributed by atoms with Gasteiger partial charge >= 0.3 is 0 Å². The summed E-state index contributed by atoms with van der Waals surface area (Å²) in [7, 11) is 0. The van der Waals surface area contributed by atoms with Gasteiger partial charge in [0.05, 0.1) is 0 Å². The van der Waals surface area contributed by atoms with Gasteiger partial charge in [0.25, 0.3) is 0 Å². The van der Waals surface area contributed by atoms with Crippen molar-refractivity contribution in [2.24, 2.45) is 5.11 Å². The molecular formula is C8H15N3O2. The van der Waals surface area contributed by atoms with Crippen LogP contribution in [-0.2, 0) is 9.47 Å². The van der Waals surface area contributed by atoms with Gasteiger partial charge in [0.1, 0.15) is 0 Å². The van der Waals surface area contributed by atoms with Crippen LogP contribution >= 0.6 is 0 Å². The molecule has 0 saturated carbocycles. The van der Waals surface area contributed by atoms with Crippen LogP contribution in [0.1, 0.15) is 25.7 Å². The van der Waals surface area contributed by atoms with E-state index >= 15 is 0 Å². The second-order valence-electron chi connectivity index (χ2n) is 2.97. The van der Waals surface area contributed by atoms with Crippen molar-refractivity contribution in [3.8, 4) is 0 Å². The molecule has 1 rings (SSSR count). The number of azide groups is 1. The van der Waals surface area contributed by atoms with Crippen LogP contribution in [0.2, 0.25) is 0 Å². The summed E-state index contributed by atoms with van der Waals surface area (Å²) in [5, 5.41) is 3.41. The molecule has 1 fully saturated rings. The Bertz CT molecular complexity index is 174. The first-order chi connectivity index (χ1) is 6.43. The highest BCUT2D eigenvalue weighted by Crippen LogP contribution is 2.13. The summed E-state index contributed by atoms with van der Waals surface area (Å²) < 4.78 is 10.8. The minimum atomic E-state index is -0.0279. The molecule has 0 N–H and O–H groups in total. The van der Waals surface area contributed by atoms with Crippen molar-refractivity contribution in [3.63, 3.8) is 0 Å². The maximum absolute atomic E-state index is 8.01. The summed E-state index contributed by atoms with van der Waals surface area (Å²) >= 11 is 0. The van der Waals surface area contributed by atoms with Gasteiger partial charge in [0.15, 0.2) is 6.29 Å². The van der Waals surface area contributed by atoms with Gasteiger partial charge in [-0.2, -0.15) is 0 Å². The van der Waals surface area contributed by atoms with Crippen LogP contribution in [-0.4, -0.2) is 26.0 Å². The van der Waals surface area contributed by atoms with Crippen LogP contribution in [0.15, 0.2) is 5.11 Å². The molecule has 0 aliphatic carbocycles. The molecule has 1 aliphatic rings. The molecule has 0 aromatic rings. The molecule has 74 valence electrons. The lowest BCUT2D eigenvalue weighted by molar-refractivity contribution is -0.162. The van der Waals surface area contributed by atoms with Crippen molar-refractivity contribution >= 4 is 0 Å². The summed E-state index contributed by atoms with van der Waals surface area (Å²) in [4.78, 5) is 2.66. The van der Waals surface area contributed by atoms with Gasteiger partial charge in [-0.1, -0.05) is 5.11 Å². The first kappa shape index (κ1) is 10.3. The highest BCUT2D eigenvalue weighted by molar-refractivity contribution is 4.54. The number of ether oxygens (including phenoxy) is 2.